The van der Waals surface area contributed by atoms with Gasteiger partial charge in [-0.15, -0.1) is 0 Å². The first-order valence-corrected chi connectivity index (χ1v) is 14.1. The number of hydrogen-bond acceptors (Lipinski definition) is 8. The number of furan rings is 1. The lowest BCUT2D eigenvalue weighted by Crippen LogP contribution is -2.39. The van der Waals surface area contributed by atoms with Crippen molar-refractivity contribution in [2.24, 2.45) is 4.99 Å². The van der Waals surface area contributed by atoms with Gasteiger partial charge >= 0.3 is 5.97 Å². The highest BCUT2D eigenvalue weighted by atomic mass is 79.9. The maximum atomic E-state index is 13.7. The smallest absolute Gasteiger partial charge is 0.338 e. The molecule has 0 bridgehead atoms. The molecule has 0 spiro atoms. The SMILES string of the molecule is CCOC(=O)C1=C(C)N=c2s/c(=C\c3ccc(-c4ccc([N+](=O)[O-])cc4Br)o3)c(=O)n2[C@H]1c1ccc(Br)cc1. The third-order valence-corrected chi connectivity index (χ3v) is 8.20. The van der Waals surface area contributed by atoms with Gasteiger partial charge in [-0.2, -0.15) is 0 Å². The number of rotatable bonds is 6. The molecule has 12 heteroatoms. The van der Waals surface area contributed by atoms with Gasteiger partial charge in [0.1, 0.15) is 11.5 Å². The monoisotopic (exact) mass is 671 g/mol. The van der Waals surface area contributed by atoms with Crippen molar-refractivity contribution < 1.29 is 18.9 Å². The van der Waals surface area contributed by atoms with E-state index in [0.29, 0.717) is 42.2 Å². The van der Waals surface area contributed by atoms with Crippen LogP contribution in [0.25, 0.3) is 17.4 Å². The lowest BCUT2D eigenvalue weighted by molar-refractivity contribution is -0.384. The molecule has 0 fully saturated rings. The van der Waals surface area contributed by atoms with Crippen LogP contribution in [0.3, 0.4) is 0 Å². The molecule has 1 aliphatic rings. The zero-order chi connectivity index (χ0) is 27.8. The Labute approximate surface area is 242 Å². The van der Waals surface area contributed by atoms with E-state index in [-0.39, 0.29) is 17.9 Å². The van der Waals surface area contributed by atoms with Crippen LogP contribution in [0.2, 0.25) is 0 Å². The lowest BCUT2D eigenvalue weighted by atomic mass is 9.96. The molecule has 3 heterocycles. The molecule has 0 saturated heterocycles. The Morgan fingerprint density at radius 2 is 1.95 bits per heavy atom. The first-order valence-electron chi connectivity index (χ1n) is 11.7. The maximum Gasteiger partial charge on any atom is 0.338 e. The number of nitrogens with zero attached hydrogens (tertiary/aromatic N) is 3. The van der Waals surface area contributed by atoms with Crippen LogP contribution < -0.4 is 14.9 Å². The normalized spacial score (nSPS) is 15.2. The Morgan fingerprint density at radius 1 is 1.21 bits per heavy atom. The second-order valence-electron chi connectivity index (χ2n) is 8.48. The van der Waals surface area contributed by atoms with E-state index in [1.807, 2.05) is 24.3 Å². The summed E-state index contributed by atoms with van der Waals surface area (Å²) in [5.41, 5.74) is 1.80. The number of hydrogen-bond donors (Lipinski definition) is 0. The van der Waals surface area contributed by atoms with E-state index in [9.17, 15) is 19.7 Å². The highest BCUT2D eigenvalue weighted by molar-refractivity contribution is 9.10. The summed E-state index contributed by atoms with van der Waals surface area (Å²) >= 11 is 7.99. The van der Waals surface area contributed by atoms with Gasteiger partial charge in [-0.3, -0.25) is 19.5 Å². The minimum absolute atomic E-state index is 0.0451. The number of fused-ring (bicyclic) bond motifs is 1. The molecule has 1 aliphatic heterocycles. The molecule has 9 nitrogen and oxygen atoms in total. The molecule has 5 rings (SSSR count). The first-order chi connectivity index (χ1) is 18.7. The third-order valence-electron chi connectivity index (χ3n) is 6.03. The molecule has 0 N–H and O–H groups in total. The summed E-state index contributed by atoms with van der Waals surface area (Å²) in [5.74, 6) is 0.372. The fourth-order valence-corrected chi connectivity index (χ4v) is 6.13. The van der Waals surface area contributed by atoms with Crippen LogP contribution in [-0.4, -0.2) is 22.1 Å². The van der Waals surface area contributed by atoms with Crippen LogP contribution in [0.4, 0.5) is 5.69 Å². The van der Waals surface area contributed by atoms with Gasteiger partial charge in [-0.05, 0) is 65.7 Å². The number of ether oxygens (including phenoxy) is 1. The number of benzene rings is 2. The van der Waals surface area contributed by atoms with E-state index in [2.05, 4.69) is 36.9 Å². The van der Waals surface area contributed by atoms with Crippen LogP contribution in [-0.2, 0) is 9.53 Å². The molecule has 2 aromatic carbocycles. The predicted octanol–water partition coefficient (Wildman–Crippen LogP) is 5.49. The van der Waals surface area contributed by atoms with Crippen LogP contribution >= 0.6 is 43.2 Å². The van der Waals surface area contributed by atoms with Gasteiger partial charge in [0, 0.05) is 32.7 Å². The predicted molar refractivity (Wildman–Crippen MR) is 153 cm³/mol. The van der Waals surface area contributed by atoms with Gasteiger partial charge in [0.15, 0.2) is 4.80 Å². The fraction of sp³-hybridized carbons (Fsp3) is 0.148. The number of allylic oxidation sites excluding steroid dienone is 1. The van der Waals surface area contributed by atoms with Gasteiger partial charge in [0.05, 0.1) is 33.4 Å². The summed E-state index contributed by atoms with van der Waals surface area (Å²) in [6.45, 7) is 3.65. The number of esters is 1. The molecular formula is C27H19Br2N3O6S. The van der Waals surface area contributed by atoms with E-state index in [1.54, 1.807) is 38.1 Å². The van der Waals surface area contributed by atoms with Gasteiger partial charge in [0.2, 0.25) is 0 Å². The summed E-state index contributed by atoms with van der Waals surface area (Å²) < 4.78 is 14.5. The van der Waals surface area contributed by atoms with Crippen molar-refractivity contribution in [3.63, 3.8) is 0 Å². The van der Waals surface area contributed by atoms with Gasteiger partial charge in [-0.25, -0.2) is 9.79 Å². The van der Waals surface area contributed by atoms with Gasteiger partial charge < -0.3 is 9.15 Å². The van der Waals surface area contributed by atoms with Crippen LogP contribution in [0.15, 0.2) is 89.0 Å². The number of carbonyl (C=O) groups is 1. The first kappa shape index (κ1) is 27.0. The molecule has 39 heavy (non-hydrogen) atoms. The zero-order valence-corrected chi connectivity index (χ0v) is 24.5. The lowest BCUT2D eigenvalue weighted by Gasteiger charge is -2.24. The second-order valence-corrected chi connectivity index (χ2v) is 11.3. The summed E-state index contributed by atoms with van der Waals surface area (Å²) in [4.78, 5) is 42.3. The average Bonchev–Trinajstić information content (AvgIpc) is 3.48. The fourth-order valence-electron chi connectivity index (χ4n) is 4.27. The number of non-ortho nitro benzene ring substituents is 1. The van der Waals surface area contributed by atoms with Crippen LogP contribution in [0.1, 0.15) is 31.2 Å². The average molecular weight is 673 g/mol. The van der Waals surface area contributed by atoms with Crippen molar-refractivity contribution in [2.45, 2.75) is 19.9 Å². The number of halogens is 2. The largest absolute Gasteiger partial charge is 0.463 e. The highest BCUT2D eigenvalue weighted by Crippen LogP contribution is 2.33. The van der Waals surface area contributed by atoms with Crippen molar-refractivity contribution in [2.75, 3.05) is 6.61 Å². The summed E-state index contributed by atoms with van der Waals surface area (Å²) in [6.07, 6.45) is 1.62. The van der Waals surface area contributed by atoms with Crippen molar-refractivity contribution in [3.8, 4) is 11.3 Å². The van der Waals surface area contributed by atoms with Crippen molar-refractivity contribution in [1.82, 2.24) is 4.57 Å². The molecule has 2 aromatic heterocycles. The third kappa shape index (κ3) is 5.19. The molecule has 0 radical (unpaired) electrons. The molecular weight excluding hydrogens is 654 g/mol. The molecule has 0 aliphatic carbocycles. The molecule has 198 valence electrons. The summed E-state index contributed by atoms with van der Waals surface area (Å²) in [7, 11) is 0. The molecule has 4 aromatic rings. The Hall–Kier alpha value is -3.61. The number of thiazole rings is 1. The summed E-state index contributed by atoms with van der Waals surface area (Å²) in [5, 5.41) is 11.1. The zero-order valence-electron chi connectivity index (χ0n) is 20.5. The highest BCUT2D eigenvalue weighted by Gasteiger charge is 2.33. The Balaban J connectivity index is 1.60. The number of nitro groups is 1. The quantitative estimate of drug-likeness (QED) is 0.152. The Bertz CT molecular complexity index is 1840. The molecule has 0 amide bonds. The topological polar surface area (TPSA) is 117 Å². The van der Waals surface area contributed by atoms with E-state index >= 15 is 0 Å². The standard InChI is InChI=1S/C27H19Br2N3O6S/c1-3-37-26(34)23-14(2)30-27-31(24(23)15-4-6-16(28)7-5-15)25(33)22(39-27)13-18-9-11-21(38-18)19-10-8-17(32(35)36)12-20(19)29/h4-13,24H,3H2,1-2H3/b22-13-/t24-/m0/s1. The van der Waals surface area contributed by atoms with Crippen LogP contribution in [0, 0.1) is 10.1 Å². The number of aromatic nitrogens is 1. The molecule has 0 saturated carbocycles. The number of nitro benzene ring substituents is 1. The summed E-state index contributed by atoms with van der Waals surface area (Å²) in [6, 6.07) is 14.5. The van der Waals surface area contributed by atoms with E-state index < -0.39 is 16.9 Å². The van der Waals surface area contributed by atoms with Gasteiger partial charge in [-0.1, -0.05) is 39.4 Å². The Morgan fingerprint density at radius 3 is 2.62 bits per heavy atom. The van der Waals surface area contributed by atoms with Crippen LogP contribution in [0.5, 0.6) is 0 Å². The minimum atomic E-state index is -0.709. The Kier molecular flexibility index (Phi) is 7.52. The van der Waals surface area contributed by atoms with Crippen molar-refractivity contribution in [3.05, 3.63) is 116 Å². The van der Waals surface area contributed by atoms with Crippen molar-refractivity contribution in [1.29, 1.82) is 0 Å². The van der Waals surface area contributed by atoms with E-state index in [4.69, 9.17) is 9.15 Å². The molecule has 1 atom stereocenters. The second kappa shape index (κ2) is 10.9. The molecule has 0 unspecified atom stereocenters. The minimum Gasteiger partial charge on any atom is -0.463 e. The van der Waals surface area contributed by atoms with E-state index in [0.717, 1.165) is 10.0 Å². The van der Waals surface area contributed by atoms with Crippen molar-refractivity contribution >= 4 is 60.9 Å². The number of carbonyl (C=O) groups excluding carboxylic acids is 1. The van der Waals surface area contributed by atoms with Gasteiger partial charge in [0.25, 0.3) is 11.2 Å². The van der Waals surface area contributed by atoms with E-state index in [1.165, 1.54) is 28.0 Å². The maximum absolute atomic E-state index is 13.7.